The van der Waals surface area contributed by atoms with Crippen molar-refractivity contribution in [1.29, 1.82) is 0 Å². The zero-order chi connectivity index (χ0) is 36.4. The molecule has 0 aliphatic heterocycles. The lowest BCUT2D eigenvalue weighted by molar-refractivity contribution is 0.0847. The molecule has 0 spiro atoms. The average Bonchev–Trinajstić information content (AvgIpc) is 3.16. The Morgan fingerprint density at radius 3 is 2.20 bits per heavy atom. The Balaban J connectivity index is 1.32. The van der Waals surface area contributed by atoms with Crippen molar-refractivity contribution >= 4 is 33.7 Å². The van der Waals surface area contributed by atoms with E-state index in [0.29, 0.717) is 60.9 Å². The Morgan fingerprint density at radius 1 is 0.765 bits per heavy atom. The molecule has 0 aliphatic carbocycles. The van der Waals surface area contributed by atoms with Crippen LogP contribution in [0.15, 0.2) is 89.5 Å². The van der Waals surface area contributed by atoms with Crippen LogP contribution in [0.1, 0.15) is 51.2 Å². The first-order valence-electron chi connectivity index (χ1n) is 16.3. The van der Waals surface area contributed by atoms with E-state index in [1.807, 2.05) is 54.6 Å². The van der Waals surface area contributed by atoms with Gasteiger partial charge in [0.25, 0.3) is 5.91 Å². The number of ether oxygens (including phenoxy) is 6. The summed E-state index contributed by atoms with van der Waals surface area (Å²) in [6.45, 7) is 1.52. The van der Waals surface area contributed by atoms with Gasteiger partial charge in [-0.15, -0.1) is 0 Å². The van der Waals surface area contributed by atoms with E-state index in [2.05, 4.69) is 31.5 Å². The standard InChI is InChI=1S/C38H42BrN3O9/c1-46-29-15-12-27(13-16-29)24-49-21-22-50-32-18-14-28(23-34(32)48-3)37(44)42-30(35(43)31-17-19-33(47-2)36(39)41-31)11-7-8-20-40-38(45)51-25-26-9-5-4-6-10-26/h4-6,9-10,12-19,23,30H,7-8,11,20-22,24-25H2,1-3H3,(H,40,45)(H,42,44). The molecule has 3 aromatic carbocycles. The van der Waals surface area contributed by atoms with Gasteiger partial charge >= 0.3 is 6.09 Å². The van der Waals surface area contributed by atoms with Crippen molar-refractivity contribution in [1.82, 2.24) is 15.6 Å². The Labute approximate surface area is 305 Å². The van der Waals surface area contributed by atoms with Gasteiger partial charge in [0.2, 0.25) is 5.78 Å². The molecule has 1 atom stereocenters. The number of unbranched alkanes of at least 4 members (excludes halogenated alkanes) is 1. The molecular formula is C38H42BrN3O9. The maximum absolute atomic E-state index is 13.6. The monoisotopic (exact) mass is 763 g/mol. The number of carbonyl (C=O) groups excluding carboxylic acids is 3. The highest BCUT2D eigenvalue weighted by molar-refractivity contribution is 9.10. The molecule has 51 heavy (non-hydrogen) atoms. The minimum absolute atomic E-state index is 0.158. The number of pyridine rings is 1. The third-order valence-electron chi connectivity index (χ3n) is 7.65. The highest BCUT2D eigenvalue weighted by Gasteiger charge is 2.25. The number of Topliss-reactive ketones (excluding diaryl/α,β-unsaturated/α-hetero) is 1. The van der Waals surface area contributed by atoms with Gasteiger partial charge in [0.05, 0.1) is 40.6 Å². The molecule has 0 saturated heterocycles. The number of amides is 2. The van der Waals surface area contributed by atoms with Crippen molar-refractivity contribution < 1.29 is 42.8 Å². The third kappa shape index (κ3) is 12.3. The zero-order valence-electron chi connectivity index (χ0n) is 28.8. The number of benzene rings is 3. The number of nitrogens with zero attached hydrogens (tertiary/aromatic N) is 1. The molecule has 0 bridgehead atoms. The Bertz CT molecular complexity index is 1720. The second kappa shape index (κ2) is 20.5. The van der Waals surface area contributed by atoms with Gasteiger partial charge in [-0.3, -0.25) is 9.59 Å². The van der Waals surface area contributed by atoms with E-state index in [1.165, 1.54) is 14.2 Å². The van der Waals surface area contributed by atoms with Crippen LogP contribution in [0.3, 0.4) is 0 Å². The number of hydrogen-bond acceptors (Lipinski definition) is 10. The number of aromatic nitrogens is 1. The third-order valence-corrected chi connectivity index (χ3v) is 8.22. The van der Waals surface area contributed by atoms with Crippen molar-refractivity contribution in [3.63, 3.8) is 0 Å². The molecule has 12 nitrogen and oxygen atoms in total. The molecule has 270 valence electrons. The molecule has 0 fully saturated rings. The quantitative estimate of drug-likeness (QED) is 0.0579. The second-order valence-electron chi connectivity index (χ2n) is 11.2. The number of hydrogen-bond donors (Lipinski definition) is 2. The van der Waals surface area contributed by atoms with Crippen LogP contribution in [0, 0.1) is 0 Å². The molecule has 1 unspecified atom stereocenters. The minimum Gasteiger partial charge on any atom is -0.497 e. The summed E-state index contributed by atoms with van der Waals surface area (Å²) in [6, 6.07) is 24.0. The summed E-state index contributed by atoms with van der Waals surface area (Å²) in [5.74, 6) is 1.19. The Kier molecular flexibility index (Phi) is 15.5. The van der Waals surface area contributed by atoms with Crippen molar-refractivity contribution in [2.24, 2.45) is 0 Å². The van der Waals surface area contributed by atoms with Crippen LogP contribution in [0.4, 0.5) is 4.79 Å². The number of alkyl carbamates (subject to hydrolysis) is 1. The predicted molar refractivity (Wildman–Crippen MR) is 194 cm³/mol. The number of rotatable bonds is 20. The van der Waals surface area contributed by atoms with Crippen LogP contribution in [-0.4, -0.2) is 69.9 Å². The lowest BCUT2D eigenvalue weighted by Crippen LogP contribution is -2.41. The van der Waals surface area contributed by atoms with Gasteiger partial charge in [0, 0.05) is 12.1 Å². The maximum Gasteiger partial charge on any atom is 0.407 e. The lowest BCUT2D eigenvalue weighted by atomic mass is 10.0. The predicted octanol–water partition coefficient (Wildman–Crippen LogP) is 6.54. The smallest absolute Gasteiger partial charge is 0.407 e. The van der Waals surface area contributed by atoms with E-state index in [0.717, 1.165) is 16.9 Å². The van der Waals surface area contributed by atoms with E-state index in [-0.39, 0.29) is 30.3 Å². The Morgan fingerprint density at radius 2 is 1.49 bits per heavy atom. The number of halogens is 1. The van der Waals surface area contributed by atoms with Crippen LogP contribution < -0.4 is 29.6 Å². The molecular weight excluding hydrogens is 722 g/mol. The van der Waals surface area contributed by atoms with E-state index >= 15 is 0 Å². The van der Waals surface area contributed by atoms with Crippen LogP contribution in [0.5, 0.6) is 23.0 Å². The number of ketones is 1. The van der Waals surface area contributed by atoms with E-state index in [9.17, 15) is 14.4 Å². The summed E-state index contributed by atoms with van der Waals surface area (Å²) in [6.07, 6.45) is 0.827. The van der Waals surface area contributed by atoms with Gasteiger partial charge in [0.15, 0.2) is 17.2 Å². The zero-order valence-corrected chi connectivity index (χ0v) is 30.4. The fourth-order valence-electron chi connectivity index (χ4n) is 4.89. The molecule has 2 N–H and O–H groups in total. The van der Waals surface area contributed by atoms with Crippen molar-refractivity contribution in [3.05, 3.63) is 112 Å². The van der Waals surface area contributed by atoms with Gasteiger partial charge in [-0.1, -0.05) is 42.5 Å². The normalized spacial score (nSPS) is 11.2. The van der Waals surface area contributed by atoms with Crippen LogP contribution in [0.2, 0.25) is 0 Å². The molecule has 0 radical (unpaired) electrons. The highest BCUT2D eigenvalue weighted by atomic mass is 79.9. The fraction of sp³-hybridized carbons (Fsp3) is 0.316. The lowest BCUT2D eigenvalue weighted by Gasteiger charge is -2.19. The maximum atomic E-state index is 13.6. The summed E-state index contributed by atoms with van der Waals surface area (Å²) >= 11 is 3.33. The first-order chi connectivity index (χ1) is 24.8. The number of carbonyl (C=O) groups is 3. The molecule has 4 rings (SSSR count). The highest BCUT2D eigenvalue weighted by Crippen LogP contribution is 2.28. The summed E-state index contributed by atoms with van der Waals surface area (Å²) in [5.41, 5.74) is 2.33. The first kappa shape index (κ1) is 38.7. The second-order valence-corrected chi connectivity index (χ2v) is 11.9. The molecule has 0 saturated carbocycles. The fourth-order valence-corrected chi connectivity index (χ4v) is 5.37. The van der Waals surface area contributed by atoms with Gasteiger partial charge < -0.3 is 39.1 Å². The largest absolute Gasteiger partial charge is 0.497 e. The van der Waals surface area contributed by atoms with E-state index in [4.69, 9.17) is 28.4 Å². The SMILES string of the molecule is COc1ccc(COCCOc2ccc(C(=O)NC(CCCCNC(=O)OCc3ccccc3)C(=O)c3ccc(OC)c(Br)n3)cc2OC)cc1. The summed E-state index contributed by atoms with van der Waals surface area (Å²) in [7, 11) is 4.60. The van der Waals surface area contributed by atoms with Gasteiger partial charge in [-0.05, 0) is 88.8 Å². The first-order valence-corrected chi connectivity index (χ1v) is 17.1. The molecule has 1 heterocycles. The van der Waals surface area contributed by atoms with E-state index in [1.54, 1.807) is 37.4 Å². The average molecular weight is 765 g/mol. The van der Waals surface area contributed by atoms with Crippen LogP contribution in [0.25, 0.3) is 0 Å². The van der Waals surface area contributed by atoms with E-state index < -0.39 is 18.0 Å². The van der Waals surface area contributed by atoms with Gasteiger partial charge in [-0.25, -0.2) is 9.78 Å². The minimum atomic E-state index is -0.903. The molecule has 4 aromatic rings. The van der Waals surface area contributed by atoms with Gasteiger partial charge in [0.1, 0.15) is 29.3 Å². The van der Waals surface area contributed by atoms with Crippen LogP contribution in [-0.2, 0) is 22.7 Å². The molecule has 2 amide bonds. The number of nitrogens with one attached hydrogen (secondary N) is 2. The summed E-state index contributed by atoms with van der Waals surface area (Å²) in [5, 5.41) is 5.58. The molecule has 1 aromatic heterocycles. The topological polar surface area (TPSA) is 144 Å². The molecule has 13 heteroatoms. The van der Waals surface area contributed by atoms with Crippen LogP contribution >= 0.6 is 15.9 Å². The molecule has 0 aliphatic rings. The van der Waals surface area contributed by atoms with Crippen molar-refractivity contribution in [3.8, 4) is 23.0 Å². The van der Waals surface area contributed by atoms with Gasteiger partial charge in [-0.2, -0.15) is 0 Å². The summed E-state index contributed by atoms with van der Waals surface area (Å²) < 4.78 is 33.1. The van der Waals surface area contributed by atoms with Crippen molar-refractivity contribution in [2.75, 3.05) is 41.1 Å². The Hall–Kier alpha value is -5.14. The summed E-state index contributed by atoms with van der Waals surface area (Å²) in [4.78, 5) is 43.6. The number of methoxy groups -OCH3 is 3. The van der Waals surface area contributed by atoms with Crippen molar-refractivity contribution in [2.45, 2.75) is 38.5 Å².